The highest BCUT2D eigenvalue weighted by Crippen LogP contribution is 2.25. The number of nitrogens with zero attached hydrogens (tertiary/aromatic N) is 3. The Morgan fingerprint density at radius 3 is 3.20 bits per heavy atom. The first-order valence-electron chi connectivity index (χ1n) is 5.34. The minimum absolute atomic E-state index is 0.0976. The van der Waals surface area contributed by atoms with Gasteiger partial charge in [-0.25, -0.2) is 4.68 Å². The molecule has 0 N–H and O–H groups in total. The second-order valence-electron chi connectivity index (χ2n) is 3.84. The third-order valence-electron chi connectivity index (χ3n) is 2.83. The quantitative estimate of drug-likeness (QED) is 0.712. The third-order valence-corrected chi connectivity index (χ3v) is 2.83. The molecule has 15 heavy (non-hydrogen) atoms. The van der Waals surface area contributed by atoms with Crippen LogP contribution < -0.4 is 0 Å². The fraction of sp³-hybridized carbons (Fsp3) is 0.455. The van der Waals surface area contributed by atoms with Crippen LogP contribution in [-0.2, 0) is 4.74 Å². The first kappa shape index (κ1) is 8.85. The van der Waals surface area contributed by atoms with Gasteiger partial charge in [-0.05, 0) is 25.3 Å². The van der Waals surface area contributed by atoms with E-state index in [4.69, 9.17) is 4.74 Å². The normalized spacial score (nSPS) is 22.0. The summed E-state index contributed by atoms with van der Waals surface area (Å²) in [5.74, 6) is 0. The summed E-state index contributed by atoms with van der Waals surface area (Å²) in [5.41, 5.74) is 1.06. The summed E-state index contributed by atoms with van der Waals surface area (Å²) in [4.78, 5) is 4.12. The van der Waals surface area contributed by atoms with Gasteiger partial charge in [0.05, 0.1) is 17.9 Å². The molecule has 1 aliphatic heterocycles. The summed E-state index contributed by atoms with van der Waals surface area (Å²) in [6.45, 7) is 0.840. The van der Waals surface area contributed by atoms with Crippen LogP contribution in [0.3, 0.4) is 0 Å². The van der Waals surface area contributed by atoms with Crippen LogP contribution in [0.15, 0.2) is 24.7 Å². The number of hydrogen-bond donors (Lipinski definition) is 0. The molecule has 2 aromatic heterocycles. The van der Waals surface area contributed by atoms with Crippen molar-refractivity contribution in [2.75, 3.05) is 6.61 Å². The molecule has 3 rings (SSSR count). The van der Waals surface area contributed by atoms with Crippen LogP contribution in [0, 0.1) is 0 Å². The molecule has 78 valence electrons. The molecule has 1 aliphatic rings. The molecule has 2 aromatic rings. The van der Waals surface area contributed by atoms with E-state index in [1.165, 1.54) is 6.42 Å². The van der Waals surface area contributed by atoms with Crippen molar-refractivity contribution in [3.63, 3.8) is 0 Å². The third kappa shape index (κ3) is 1.51. The van der Waals surface area contributed by atoms with Gasteiger partial charge in [-0.3, -0.25) is 4.98 Å². The van der Waals surface area contributed by atoms with Crippen molar-refractivity contribution in [3.8, 4) is 0 Å². The Morgan fingerprint density at radius 2 is 2.33 bits per heavy atom. The molecule has 4 heteroatoms. The SMILES string of the molecule is c1cc2cnn(C3CCCCO3)c2cn1. The molecule has 0 bridgehead atoms. The topological polar surface area (TPSA) is 39.9 Å². The lowest BCUT2D eigenvalue weighted by Gasteiger charge is -2.23. The number of pyridine rings is 1. The van der Waals surface area contributed by atoms with E-state index in [1.54, 1.807) is 6.20 Å². The van der Waals surface area contributed by atoms with Crippen LogP contribution in [0.25, 0.3) is 10.9 Å². The molecule has 0 saturated carbocycles. The van der Waals surface area contributed by atoms with E-state index in [2.05, 4.69) is 10.1 Å². The number of hydrogen-bond acceptors (Lipinski definition) is 3. The monoisotopic (exact) mass is 203 g/mol. The molecule has 3 heterocycles. The highest BCUT2D eigenvalue weighted by molar-refractivity contribution is 5.77. The zero-order valence-electron chi connectivity index (χ0n) is 8.47. The van der Waals surface area contributed by atoms with Crippen molar-refractivity contribution in [2.24, 2.45) is 0 Å². The molecule has 0 aromatic carbocycles. The fourth-order valence-corrected chi connectivity index (χ4v) is 2.03. The van der Waals surface area contributed by atoms with Gasteiger partial charge in [0.2, 0.25) is 0 Å². The van der Waals surface area contributed by atoms with Crippen LogP contribution >= 0.6 is 0 Å². The van der Waals surface area contributed by atoms with E-state index in [-0.39, 0.29) is 6.23 Å². The molecule has 1 unspecified atom stereocenters. The van der Waals surface area contributed by atoms with Crippen LogP contribution in [0.1, 0.15) is 25.5 Å². The second kappa shape index (κ2) is 3.62. The van der Waals surface area contributed by atoms with Gasteiger partial charge >= 0.3 is 0 Å². The summed E-state index contributed by atoms with van der Waals surface area (Å²) in [5, 5.41) is 5.49. The lowest BCUT2D eigenvalue weighted by atomic mass is 10.2. The highest BCUT2D eigenvalue weighted by atomic mass is 16.5. The summed E-state index contributed by atoms with van der Waals surface area (Å²) >= 11 is 0. The maximum Gasteiger partial charge on any atom is 0.150 e. The average Bonchev–Trinajstić information content (AvgIpc) is 2.74. The Hall–Kier alpha value is -1.42. The van der Waals surface area contributed by atoms with Gasteiger partial charge in [0.1, 0.15) is 0 Å². The van der Waals surface area contributed by atoms with Crippen molar-refractivity contribution in [2.45, 2.75) is 25.5 Å². The van der Waals surface area contributed by atoms with Crippen molar-refractivity contribution in [3.05, 3.63) is 24.7 Å². The lowest BCUT2D eigenvalue weighted by molar-refractivity contribution is -0.0367. The minimum atomic E-state index is 0.0976. The molecule has 0 aliphatic carbocycles. The summed E-state index contributed by atoms with van der Waals surface area (Å²) < 4.78 is 7.65. The molecule has 0 spiro atoms. The van der Waals surface area contributed by atoms with E-state index < -0.39 is 0 Å². The Kier molecular flexibility index (Phi) is 2.14. The highest BCUT2D eigenvalue weighted by Gasteiger charge is 2.17. The largest absolute Gasteiger partial charge is 0.356 e. The Balaban J connectivity index is 2.02. The van der Waals surface area contributed by atoms with Crippen LogP contribution in [-0.4, -0.2) is 21.4 Å². The number of ether oxygens (including phenoxy) is 1. The van der Waals surface area contributed by atoms with Crippen LogP contribution in [0.2, 0.25) is 0 Å². The van der Waals surface area contributed by atoms with Crippen molar-refractivity contribution in [1.29, 1.82) is 0 Å². The first-order valence-corrected chi connectivity index (χ1v) is 5.34. The predicted molar refractivity (Wildman–Crippen MR) is 56.4 cm³/mol. The number of rotatable bonds is 1. The summed E-state index contributed by atoms with van der Waals surface area (Å²) in [6, 6.07) is 1.97. The lowest BCUT2D eigenvalue weighted by Crippen LogP contribution is -2.18. The van der Waals surface area contributed by atoms with Gasteiger partial charge in [-0.15, -0.1) is 0 Å². The Bertz CT molecular complexity index is 460. The Morgan fingerprint density at radius 1 is 1.33 bits per heavy atom. The van der Waals surface area contributed by atoms with Crippen molar-refractivity contribution < 1.29 is 4.74 Å². The van der Waals surface area contributed by atoms with E-state index in [0.717, 1.165) is 30.4 Å². The van der Waals surface area contributed by atoms with Gasteiger partial charge in [-0.2, -0.15) is 5.10 Å². The molecular formula is C11H13N3O. The molecule has 1 saturated heterocycles. The smallest absolute Gasteiger partial charge is 0.150 e. The summed E-state index contributed by atoms with van der Waals surface area (Å²) in [6.07, 6.45) is 9.03. The van der Waals surface area contributed by atoms with Crippen molar-refractivity contribution >= 4 is 10.9 Å². The van der Waals surface area contributed by atoms with Gasteiger partial charge in [-0.1, -0.05) is 0 Å². The maximum atomic E-state index is 5.70. The molecule has 0 amide bonds. The molecular weight excluding hydrogens is 190 g/mol. The molecule has 1 fully saturated rings. The van der Waals surface area contributed by atoms with Gasteiger partial charge in [0, 0.05) is 18.2 Å². The van der Waals surface area contributed by atoms with E-state index in [0.29, 0.717) is 0 Å². The standard InChI is InChI=1S/C11H13N3O/c1-2-6-15-11(3-1)14-10-8-12-5-4-9(10)7-13-14/h4-5,7-8,11H,1-3,6H2. The fourth-order valence-electron chi connectivity index (χ4n) is 2.03. The zero-order valence-corrected chi connectivity index (χ0v) is 8.47. The van der Waals surface area contributed by atoms with E-state index >= 15 is 0 Å². The van der Waals surface area contributed by atoms with Crippen LogP contribution in [0.4, 0.5) is 0 Å². The van der Waals surface area contributed by atoms with Gasteiger partial charge < -0.3 is 4.74 Å². The van der Waals surface area contributed by atoms with E-state index in [1.807, 2.05) is 23.1 Å². The second-order valence-corrected chi connectivity index (χ2v) is 3.84. The number of aromatic nitrogens is 3. The van der Waals surface area contributed by atoms with Gasteiger partial charge in [0.25, 0.3) is 0 Å². The average molecular weight is 203 g/mol. The molecule has 1 atom stereocenters. The summed E-state index contributed by atoms with van der Waals surface area (Å²) in [7, 11) is 0. The van der Waals surface area contributed by atoms with Crippen LogP contribution in [0.5, 0.6) is 0 Å². The minimum Gasteiger partial charge on any atom is -0.356 e. The predicted octanol–water partition coefficient (Wildman–Crippen LogP) is 2.13. The van der Waals surface area contributed by atoms with E-state index in [9.17, 15) is 0 Å². The molecule has 0 radical (unpaired) electrons. The maximum absolute atomic E-state index is 5.70. The molecule has 4 nitrogen and oxygen atoms in total. The first-order chi connectivity index (χ1) is 7.45. The van der Waals surface area contributed by atoms with Gasteiger partial charge in [0.15, 0.2) is 6.23 Å². The zero-order chi connectivity index (χ0) is 10.1. The Labute approximate surface area is 87.9 Å². The number of fused-ring (bicyclic) bond motifs is 1. The van der Waals surface area contributed by atoms with Crippen molar-refractivity contribution in [1.82, 2.24) is 14.8 Å².